The summed E-state index contributed by atoms with van der Waals surface area (Å²) < 4.78 is 10.8. The molecule has 1 aromatic rings. The molecule has 0 radical (unpaired) electrons. The number of piperidine rings is 1. The number of aliphatic hydroxyl groups excluding tert-OH is 1. The number of carbonyl (C=O) groups excluding carboxylic acids is 1. The quantitative estimate of drug-likeness (QED) is 0.324. The number of nitrogens with zero attached hydrogens (tertiary/aromatic N) is 2. The van der Waals surface area contributed by atoms with Gasteiger partial charge in [0.15, 0.2) is 0 Å². The van der Waals surface area contributed by atoms with Gasteiger partial charge in [-0.05, 0) is 43.4 Å². The lowest BCUT2D eigenvalue weighted by Crippen LogP contribution is -2.54. The molecule has 2 heterocycles. The topological polar surface area (TPSA) is 149 Å². The third kappa shape index (κ3) is 11.1. The maximum atomic E-state index is 12.0. The van der Waals surface area contributed by atoms with Gasteiger partial charge < -0.3 is 39.9 Å². The van der Waals surface area contributed by atoms with Crippen molar-refractivity contribution in [3.05, 3.63) is 42.0 Å². The number of carbonyl (C=O) groups is 3. The van der Waals surface area contributed by atoms with Crippen molar-refractivity contribution < 1.29 is 39.2 Å². The van der Waals surface area contributed by atoms with Gasteiger partial charge in [0.25, 0.3) is 0 Å². The molecular weight excluding hydrogens is 470 g/mol. The SMILES string of the molecule is COCCc1ccc(OCC(O)CN2CCC(N3CCCNC3=O)CC2)cc1.O=C(O)C=CC(=O)O. The highest BCUT2D eigenvalue weighted by Gasteiger charge is 2.29. The highest BCUT2D eigenvalue weighted by molar-refractivity contribution is 5.89. The maximum absolute atomic E-state index is 12.0. The zero-order valence-corrected chi connectivity index (χ0v) is 20.7. The molecule has 3 rings (SSSR count). The van der Waals surface area contributed by atoms with E-state index in [9.17, 15) is 19.5 Å². The molecule has 36 heavy (non-hydrogen) atoms. The number of methoxy groups -OCH3 is 1. The van der Waals surface area contributed by atoms with E-state index in [0.29, 0.717) is 31.3 Å². The molecule has 0 spiro atoms. The summed E-state index contributed by atoms with van der Waals surface area (Å²) in [6, 6.07) is 8.33. The van der Waals surface area contributed by atoms with E-state index in [1.54, 1.807) is 7.11 Å². The molecule has 1 aromatic carbocycles. The van der Waals surface area contributed by atoms with Crippen molar-refractivity contribution in [2.45, 2.75) is 37.8 Å². The number of carboxylic acids is 2. The molecule has 11 heteroatoms. The second kappa shape index (κ2) is 15.8. The minimum absolute atomic E-state index is 0.0753. The van der Waals surface area contributed by atoms with Crippen LogP contribution in [-0.2, 0) is 20.7 Å². The molecule has 2 aliphatic heterocycles. The number of urea groups is 1. The number of benzene rings is 1. The zero-order valence-electron chi connectivity index (χ0n) is 20.7. The summed E-state index contributed by atoms with van der Waals surface area (Å²) in [6.45, 7) is 5.04. The van der Waals surface area contributed by atoms with E-state index in [4.69, 9.17) is 19.7 Å². The number of ether oxygens (including phenoxy) is 2. The fourth-order valence-electron chi connectivity index (χ4n) is 4.07. The summed E-state index contributed by atoms with van der Waals surface area (Å²) in [5.74, 6) is -1.74. The Labute approximate surface area is 211 Å². The number of hydrogen-bond donors (Lipinski definition) is 4. The van der Waals surface area contributed by atoms with Crippen LogP contribution in [0.15, 0.2) is 36.4 Å². The molecule has 0 aliphatic carbocycles. The van der Waals surface area contributed by atoms with E-state index >= 15 is 0 Å². The summed E-state index contributed by atoms with van der Waals surface area (Å²) in [5.41, 5.74) is 1.21. The number of carboxylic acid groups (broad SMARTS) is 2. The average Bonchev–Trinajstić information content (AvgIpc) is 2.87. The lowest BCUT2D eigenvalue weighted by Gasteiger charge is -2.40. The molecule has 2 fully saturated rings. The first-order valence-corrected chi connectivity index (χ1v) is 12.1. The number of β-amino-alcohol motifs (C(OH)–C–C–N with tert-alkyl or cyclic N) is 1. The monoisotopic (exact) mass is 507 g/mol. The Bertz CT molecular complexity index is 837. The van der Waals surface area contributed by atoms with Crippen LogP contribution in [-0.4, -0.2) is 108 Å². The fourth-order valence-corrected chi connectivity index (χ4v) is 4.07. The smallest absolute Gasteiger partial charge is 0.328 e. The van der Waals surface area contributed by atoms with Crippen molar-refractivity contribution in [3.8, 4) is 5.75 Å². The molecule has 200 valence electrons. The van der Waals surface area contributed by atoms with Gasteiger partial charge in [-0.2, -0.15) is 0 Å². The van der Waals surface area contributed by atoms with Crippen LogP contribution in [0.4, 0.5) is 4.79 Å². The van der Waals surface area contributed by atoms with Gasteiger partial charge in [0.2, 0.25) is 0 Å². The Morgan fingerprint density at radius 3 is 2.31 bits per heavy atom. The number of nitrogens with one attached hydrogen (secondary N) is 1. The standard InChI is InChI=1S/C21H33N3O4.C4H4O4/c1-27-14-9-17-3-5-20(6-4-17)28-16-19(25)15-23-12-7-18(8-13-23)24-11-2-10-22-21(24)26;5-3(6)1-2-4(7)8/h3-6,18-19,25H,2,7-16H2,1H3,(H,22,26);1-2H,(H,5,6)(H,7,8). The number of likely N-dealkylation sites (tertiary alicyclic amines) is 1. The number of aliphatic hydroxyl groups is 1. The third-order valence-corrected chi connectivity index (χ3v) is 5.91. The molecule has 0 bridgehead atoms. The molecule has 0 aromatic heterocycles. The van der Waals surface area contributed by atoms with Gasteiger partial charge in [-0.15, -0.1) is 0 Å². The van der Waals surface area contributed by atoms with Crippen LogP contribution < -0.4 is 10.1 Å². The number of rotatable bonds is 11. The van der Waals surface area contributed by atoms with Crippen LogP contribution in [0.5, 0.6) is 5.75 Å². The summed E-state index contributed by atoms with van der Waals surface area (Å²) in [7, 11) is 1.70. The lowest BCUT2D eigenvalue weighted by molar-refractivity contribution is -0.134. The van der Waals surface area contributed by atoms with Crippen molar-refractivity contribution in [2.24, 2.45) is 0 Å². The Kier molecular flexibility index (Phi) is 12.7. The van der Waals surface area contributed by atoms with Gasteiger partial charge in [0.05, 0.1) is 6.61 Å². The van der Waals surface area contributed by atoms with Gasteiger partial charge >= 0.3 is 18.0 Å². The van der Waals surface area contributed by atoms with Gasteiger partial charge in [-0.25, -0.2) is 14.4 Å². The molecule has 4 N–H and O–H groups in total. The van der Waals surface area contributed by atoms with Gasteiger partial charge in [-0.1, -0.05) is 12.1 Å². The lowest BCUT2D eigenvalue weighted by atomic mass is 10.0. The normalized spacial score (nSPS) is 17.7. The predicted molar refractivity (Wildman–Crippen MR) is 132 cm³/mol. The van der Waals surface area contributed by atoms with E-state index in [0.717, 1.165) is 57.6 Å². The molecule has 1 unspecified atom stereocenters. The highest BCUT2D eigenvalue weighted by atomic mass is 16.5. The van der Waals surface area contributed by atoms with Crippen molar-refractivity contribution in [1.29, 1.82) is 0 Å². The highest BCUT2D eigenvalue weighted by Crippen LogP contribution is 2.19. The summed E-state index contributed by atoms with van der Waals surface area (Å²) in [5, 5.41) is 28.9. The van der Waals surface area contributed by atoms with E-state index in [1.165, 1.54) is 5.56 Å². The summed E-state index contributed by atoms with van der Waals surface area (Å²) in [6.07, 6.45) is 4.42. The minimum Gasteiger partial charge on any atom is -0.491 e. The Hall–Kier alpha value is -3.15. The Balaban J connectivity index is 0.000000493. The van der Waals surface area contributed by atoms with Gasteiger partial charge in [0, 0.05) is 58.0 Å². The molecule has 2 aliphatic rings. The third-order valence-electron chi connectivity index (χ3n) is 5.91. The first-order valence-electron chi connectivity index (χ1n) is 12.1. The van der Waals surface area contributed by atoms with Crippen LogP contribution in [0.2, 0.25) is 0 Å². The first-order chi connectivity index (χ1) is 17.3. The van der Waals surface area contributed by atoms with Gasteiger partial charge in [-0.3, -0.25) is 0 Å². The maximum Gasteiger partial charge on any atom is 0.328 e. The van der Waals surface area contributed by atoms with Crippen LogP contribution in [0.1, 0.15) is 24.8 Å². The van der Waals surface area contributed by atoms with Crippen LogP contribution >= 0.6 is 0 Å². The predicted octanol–water partition coefficient (Wildman–Crippen LogP) is 1.21. The largest absolute Gasteiger partial charge is 0.491 e. The zero-order chi connectivity index (χ0) is 26.3. The van der Waals surface area contributed by atoms with Crippen molar-refractivity contribution in [1.82, 2.24) is 15.1 Å². The van der Waals surface area contributed by atoms with Crippen molar-refractivity contribution >= 4 is 18.0 Å². The molecular formula is C25H37N3O8. The Morgan fingerprint density at radius 1 is 1.11 bits per heavy atom. The molecule has 2 amide bonds. The molecule has 1 atom stereocenters. The van der Waals surface area contributed by atoms with Gasteiger partial charge in [0.1, 0.15) is 18.5 Å². The summed E-state index contributed by atoms with van der Waals surface area (Å²) in [4.78, 5) is 35.3. The van der Waals surface area contributed by atoms with E-state index in [-0.39, 0.29) is 12.6 Å². The van der Waals surface area contributed by atoms with Crippen LogP contribution in [0, 0.1) is 0 Å². The average molecular weight is 508 g/mol. The number of amides is 2. The second-order valence-electron chi connectivity index (χ2n) is 8.67. The van der Waals surface area contributed by atoms with Crippen molar-refractivity contribution in [3.63, 3.8) is 0 Å². The van der Waals surface area contributed by atoms with Crippen LogP contribution in [0.25, 0.3) is 0 Å². The molecule has 11 nitrogen and oxygen atoms in total. The Morgan fingerprint density at radius 2 is 1.75 bits per heavy atom. The minimum atomic E-state index is -1.26. The van der Waals surface area contributed by atoms with E-state index in [1.807, 2.05) is 29.2 Å². The van der Waals surface area contributed by atoms with E-state index in [2.05, 4.69) is 10.2 Å². The van der Waals surface area contributed by atoms with E-state index < -0.39 is 18.0 Å². The number of hydrogen-bond acceptors (Lipinski definition) is 7. The van der Waals surface area contributed by atoms with Crippen LogP contribution in [0.3, 0.4) is 0 Å². The van der Waals surface area contributed by atoms with Crippen molar-refractivity contribution in [2.75, 3.05) is 53.0 Å². The first kappa shape index (κ1) is 29.1. The fraction of sp³-hybridized carbons (Fsp3) is 0.560. The molecule has 0 saturated carbocycles. The second-order valence-corrected chi connectivity index (χ2v) is 8.67. The molecule has 2 saturated heterocycles. The summed E-state index contributed by atoms with van der Waals surface area (Å²) >= 11 is 0. The number of aliphatic carboxylic acids is 2.